The van der Waals surface area contributed by atoms with Crippen LogP contribution in [0.3, 0.4) is 0 Å². The number of halogens is 1. The maximum absolute atomic E-state index is 13.2. The van der Waals surface area contributed by atoms with Gasteiger partial charge in [0.05, 0.1) is 5.56 Å². The van der Waals surface area contributed by atoms with Gasteiger partial charge in [0.25, 0.3) is 5.78 Å². The highest BCUT2D eigenvalue weighted by molar-refractivity contribution is 6.45. The van der Waals surface area contributed by atoms with Gasteiger partial charge in [0.1, 0.15) is 0 Å². The summed E-state index contributed by atoms with van der Waals surface area (Å²) in [5, 5.41) is 3.34. The van der Waals surface area contributed by atoms with Crippen molar-refractivity contribution in [1.29, 1.82) is 0 Å². The number of hydrazine groups is 1. The maximum atomic E-state index is 13.2. The van der Waals surface area contributed by atoms with Crippen molar-refractivity contribution in [2.45, 2.75) is 39.7 Å². The van der Waals surface area contributed by atoms with Gasteiger partial charge in [-0.3, -0.25) is 15.0 Å². The molecule has 6 heteroatoms. The highest BCUT2D eigenvalue weighted by Gasteiger charge is 2.27. The molecule has 0 spiro atoms. The van der Waals surface area contributed by atoms with Crippen LogP contribution in [0, 0.1) is 13.8 Å². The van der Waals surface area contributed by atoms with Gasteiger partial charge in [0.2, 0.25) is 0 Å². The molecule has 0 aliphatic carbocycles. The smallest absolute Gasteiger partial charge is 0.306 e. The van der Waals surface area contributed by atoms with E-state index in [1.54, 1.807) is 0 Å². The molecule has 1 aromatic heterocycles. The molecule has 1 saturated heterocycles. The van der Waals surface area contributed by atoms with Crippen LogP contribution >= 0.6 is 11.6 Å². The number of nitrogens with zero attached hydrogens (tertiary/aromatic N) is 2. The van der Waals surface area contributed by atoms with Crippen LogP contribution in [0.4, 0.5) is 0 Å². The van der Waals surface area contributed by atoms with Gasteiger partial charge < -0.3 is 4.57 Å². The van der Waals surface area contributed by atoms with Crippen LogP contribution in [-0.4, -0.2) is 34.4 Å². The number of Topliss-reactive ketones (excluding diaryl/α,β-unsaturated/α-hetero) is 1. The Bertz CT molecular complexity index is 1110. The van der Waals surface area contributed by atoms with E-state index >= 15 is 0 Å². The number of rotatable bonds is 5. The topological polar surface area (TPSA) is 54.3 Å². The standard InChI is InChI=1S/C24H26ClN3O2/c1-16-10-11-21-19(14-16)22(23(29)24(30)26-27-12-6-3-7-13-27)17(2)28(21)15-18-8-4-5-9-20(18)25/h4-5,8-11,14H,3,6-7,12-13,15H2,1-2H3,(H,26,30). The first-order valence-electron chi connectivity index (χ1n) is 10.4. The van der Waals surface area contributed by atoms with E-state index in [2.05, 4.69) is 9.99 Å². The molecule has 1 amide bonds. The number of amides is 1. The van der Waals surface area contributed by atoms with Crippen LogP contribution in [0.5, 0.6) is 0 Å². The first-order valence-corrected chi connectivity index (χ1v) is 10.8. The monoisotopic (exact) mass is 423 g/mol. The molecule has 0 saturated carbocycles. The summed E-state index contributed by atoms with van der Waals surface area (Å²) < 4.78 is 2.07. The molecule has 1 aliphatic rings. The maximum Gasteiger partial charge on any atom is 0.306 e. The van der Waals surface area contributed by atoms with Crippen molar-refractivity contribution >= 4 is 34.2 Å². The second kappa shape index (κ2) is 8.62. The molecule has 0 radical (unpaired) electrons. The number of piperidine rings is 1. The Kier molecular flexibility index (Phi) is 5.93. The summed E-state index contributed by atoms with van der Waals surface area (Å²) in [6, 6.07) is 13.7. The normalized spacial score (nSPS) is 14.8. The van der Waals surface area contributed by atoms with Crippen molar-refractivity contribution < 1.29 is 9.59 Å². The molecule has 1 N–H and O–H groups in total. The second-order valence-electron chi connectivity index (χ2n) is 7.98. The average molecular weight is 424 g/mol. The van der Waals surface area contributed by atoms with Crippen LogP contribution < -0.4 is 5.43 Å². The van der Waals surface area contributed by atoms with Crippen molar-refractivity contribution in [1.82, 2.24) is 15.0 Å². The number of nitrogens with one attached hydrogen (secondary N) is 1. The predicted molar refractivity (Wildman–Crippen MR) is 120 cm³/mol. The van der Waals surface area contributed by atoms with Crippen LogP contribution in [-0.2, 0) is 11.3 Å². The lowest BCUT2D eigenvalue weighted by Crippen LogP contribution is -2.47. The van der Waals surface area contributed by atoms with Gasteiger partial charge in [0.15, 0.2) is 0 Å². The lowest BCUT2D eigenvalue weighted by atomic mass is 10.0. The van der Waals surface area contributed by atoms with Gasteiger partial charge in [-0.05, 0) is 50.5 Å². The summed E-state index contributed by atoms with van der Waals surface area (Å²) in [5.74, 6) is -1.06. The first kappa shape index (κ1) is 20.6. The van der Waals surface area contributed by atoms with Crippen molar-refractivity contribution in [3.63, 3.8) is 0 Å². The van der Waals surface area contributed by atoms with Crippen LogP contribution in [0.2, 0.25) is 5.02 Å². The molecule has 3 aromatic rings. The predicted octanol–water partition coefficient (Wildman–Crippen LogP) is 4.66. The summed E-state index contributed by atoms with van der Waals surface area (Å²) in [7, 11) is 0. The van der Waals surface area contributed by atoms with Gasteiger partial charge in [-0.25, -0.2) is 5.01 Å². The fraction of sp³-hybridized carbons (Fsp3) is 0.333. The summed E-state index contributed by atoms with van der Waals surface area (Å²) in [6.45, 7) is 5.98. The minimum Gasteiger partial charge on any atom is -0.340 e. The van der Waals surface area contributed by atoms with Gasteiger partial charge in [-0.2, -0.15) is 0 Å². The molecule has 2 aromatic carbocycles. The third-order valence-electron chi connectivity index (χ3n) is 5.81. The summed E-state index contributed by atoms with van der Waals surface area (Å²) in [5.41, 5.74) is 6.98. The molecule has 5 nitrogen and oxygen atoms in total. The van der Waals surface area contributed by atoms with E-state index in [0.717, 1.165) is 60.1 Å². The number of aryl methyl sites for hydroxylation is 1. The minimum atomic E-state index is -0.571. The lowest BCUT2D eigenvalue weighted by Gasteiger charge is -2.26. The Hall–Kier alpha value is -2.63. The lowest BCUT2D eigenvalue weighted by molar-refractivity contribution is -0.122. The number of carbonyl (C=O) groups excluding carboxylic acids is 2. The third-order valence-corrected chi connectivity index (χ3v) is 6.18. The van der Waals surface area contributed by atoms with E-state index in [0.29, 0.717) is 17.1 Å². The molecule has 2 heterocycles. The molecule has 1 fully saturated rings. The summed E-state index contributed by atoms with van der Waals surface area (Å²) in [6.07, 6.45) is 3.22. The minimum absolute atomic E-state index is 0.468. The van der Waals surface area contributed by atoms with Gasteiger partial charge >= 0.3 is 5.91 Å². The van der Waals surface area contributed by atoms with E-state index in [-0.39, 0.29) is 0 Å². The fourth-order valence-electron chi connectivity index (χ4n) is 4.20. The van der Waals surface area contributed by atoms with Crippen molar-refractivity contribution in [2.24, 2.45) is 0 Å². The molecule has 30 heavy (non-hydrogen) atoms. The number of benzene rings is 2. The van der Waals surface area contributed by atoms with Crippen LogP contribution in [0.1, 0.15) is 46.4 Å². The van der Waals surface area contributed by atoms with Gasteiger partial charge in [-0.15, -0.1) is 0 Å². The van der Waals surface area contributed by atoms with Crippen LogP contribution in [0.15, 0.2) is 42.5 Å². The molecule has 0 bridgehead atoms. The van der Waals surface area contributed by atoms with Gasteiger partial charge in [-0.1, -0.05) is 47.9 Å². The zero-order valence-electron chi connectivity index (χ0n) is 17.4. The van der Waals surface area contributed by atoms with E-state index in [4.69, 9.17) is 11.6 Å². The van der Waals surface area contributed by atoms with E-state index < -0.39 is 11.7 Å². The molecule has 4 rings (SSSR count). The highest BCUT2D eigenvalue weighted by atomic mass is 35.5. The summed E-state index contributed by atoms with van der Waals surface area (Å²) >= 11 is 6.38. The van der Waals surface area contributed by atoms with Crippen LogP contribution in [0.25, 0.3) is 10.9 Å². The molecule has 0 unspecified atom stereocenters. The molecule has 0 atom stereocenters. The van der Waals surface area contributed by atoms with E-state index in [1.165, 1.54) is 0 Å². The Morgan fingerprint density at radius 1 is 1.03 bits per heavy atom. The van der Waals surface area contributed by atoms with Gasteiger partial charge in [0, 0.05) is 41.3 Å². The number of aromatic nitrogens is 1. The highest BCUT2D eigenvalue weighted by Crippen LogP contribution is 2.29. The number of hydrogen-bond acceptors (Lipinski definition) is 3. The van der Waals surface area contributed by atoms with Crippen molar-refractivity contribution in [3.05, 3.63) is 69.9 Å². The van der Waals surface area contributed by atoms with E-state index in [1.807, 2.05) is 61.3 Å². The Balaban J connectivity index is 1.73. The third kappa shape index (κ3) is 4.00. The second-order valence-corrected chi connectivity index (χ2v) is 8.38. The SMILES string of the molecule is Cc1ccc2c(c1)c(C(=O)C(=O)NN1CCCCC1)c(C)n2Cc1ccccc1Cl. The Morgan fingerprint density at radius 2 is 1.77 bits per heavy atom. The van der Waals surface area contributed by atoms with Crippen molar-refractivity contribution in [2.75, 3.05) is 13.1 Å². The van der Waals surface area contributed by atoms with Crippen molar-refractivity contribution in [3.8, 4) is 0 Å². The largest absolute Gasteiger partial charge is 0.340 e. The average Bonchev–Trinajstić information content (AvgIpc) is 3.00. The number of hydrogen-bond donors (Lipinski definition) is 1. The molecule has 156 valence electrons. The number of fused-ring (bicyclic) bond motifs is 1. The molecule has 1 aliphatic heterocycles. The zero-order chi connectivity index (χ0) is 21.3. The number of ketones is 1. The quantitative estimate of drug-likeness (QED) is 0.479. The summed E-state index contributed by atoms with van der Waals surface area (Å²) in [4.78, 5) is 26.0. The first-order chi connectivity index (χ1) is 14.5. The Morgan fingerprint density at radius 3 is 2.50 bits per heavy atom. The molecular weight excluding hydrogens is 398 g/mol. The Labute approximate surface area is 181 Å². The zero-order valence-corrected chi connectivity index (χ0v) is 18.1. The fourth-order valence-corrected chi connectivity index (χ4v) is 4.39. The number of carbonyl (C=O) groups is 2. The molecular formula is C24H26ClN3O2. The van der Waals surface area contributed by atoms with E-state index in [9.17, 15) is 9.59 Å².